The summed E-state index contributed by atoms with van der Waals surface area (Å²) in [6.45, 7) is 5.20. The number of nitrogens with zero attached hydrogens (tertiary/aromatic N) is 3. The first-order valence-electron chi connectivity index (χ1n) is 6.94. The molecule has 110 valence electrons. The third kappa shape index (κ3) is 4.83. The third-order valence-corrected chi connectivity index (χ3v) is 2.86. The second-order valence-electron chi connectivity index (χ2n) is 5.11. The van der Waals surface area contributed by atoms with E-state index in [9.17, 15) is 4.79 Å². The van der Waals surface area contributed by atoms with Crippen molar-refractivity contribution in [1.29, 1.82) is 0 Å². The molecule has 1 amide bonds. The molecule has 6 nitrogen and oxygen atoms in total. The van der Waals surface area contributed by atoms with Gasteiger partial charge in [-0.05, 0) is 36.6 Å². The van der Waals surface area contributed by atoms with Gasteiger partial charge in [0.2, 0.25) is 0 Å². The summed E-state index contributed by atoms with van der Waals surface area (Å²) in [4.78, 5) is 15.8. The first-order chi connectivity index (χ1) is 10.1. The molecule has 2 rings (SSSR count). The Morgan fingerprint density at radius 1 is 1.19 bits per heavy atom. The van der Waals surface area contributed by atoms with Crippen LogP contribution in [0.5, 0.6) is 0 Å². The summed E-state index contributed by atoms with van der Waals surface area (Å²) in [5.41, 5.74) is 0.485. The number of rotatable bonds is 6. The van der Waals surface area contributed by atoms with E-state index in [4.69, 9.17) is 0 Å². The van der Waals surface area contributed by atoms with Gasteiger partial charge in [-0.15, -0.1) is 10.2 Å². The number of hydrogen-bond acceptors (Lipinski definition) is 5. The SMILES string of the molecule is CC(C)CCNc1ccc(NC(=O)c2cccnc2)nn1. The maximum absolute atomic E-state index is 11.9. The van der Waals surface area contributed by atoms with Gasteiger partial charge in [-0.2, -0.15) is 0 Å². The fourth-order valence-corrected chi connectivity index (χ4v) is 1.67. The van der Waals surface area contributed by atoms with E-state index < -0.39 is 0 Å². The van der Waals surface area contributed by atoms with Crippen LogP contribution in [0, 0.1) is 5.92 Å². The molecular formula is C15H19N5O. The molecule has 2 aromatic rings. The monoisotopic (exact) mass is 285 g/mol. The van der Waals surface area contributed by atoms with Gasteiger partial charge in [-0.3, -0.25) is 9.78 Å². The minimum Gasteiger partial charge on any atom is -0.369 e. The molecule has 0 bridgehead atoms. The van der Waals surface area contributed by atoms with Crippen molar-refractivity contribution >= 4 is 17.5 Å². The Hall–Kier alpha value is -2.50. The number of hydrogen-bond donors (Lipinski definition) is 2. The van der Waals surface area contributed by atoms with Gasteiger partial charge in [0.05, 0.1) is 5.56 Å². The summed E-state index contributed by atoms with van der Waals surface area (Å²) in [7, 11) is 0. The van der Waals surface area contributed by atoms with Crippen LogP contribution in [0.15, 0.2) is 36.7 Å². The van der Waals surface area contributed by atoms with E-state index in [1.807, 2.05) is 0 Å². The second kappa shape index (κ2) is 7.33. The van der Waals surface area contributed by atoms with Gasteiger partial charge in [0, 0.05) is 18.9 Å². The van der Waals surface area contributed by atoms with E-state index in [2.05, 4.69) is 39.7 Å². The average Bonchev–Trinajstić information content (AvgIpc) is 2.49. The van der Waals surface area contributed by atoms with Gasteiger partial charge in [0.15, 0.2) is 5.82 Å². The van der Waals surface area contributed by atoms with Crippen LogP contribution in [0.3, 0.4) is 0 Å². The van der Waals surface area contributed by atoms with Crippen LogP contribution >= 0.6 is 0 Å². The molecule has 21 heavy (non-hydrogen) atoms. The fraction of sp³-hybridized carbons (Fsp3) is 0.333. The molecule has 0 aliphatic heterocycles. The number of aromatic nitrogens is 3. The van der Waals surface area contributed by atoms with Gasteiger partial charge < -0.3 is 10.6 Å². The lowest BCUT2D eigenvalue weighted by molar-refractivity contribution is 0.102. The lowest BCUT2D eigenvalue weighted by Crippen LogP contribution is -2.14. The third-order valence-electron chi connectivity index (χ3n) is 2.86. The van der Waals surface area contributed by atoms with Crippen molar-refractivity contribution in [3.8, 4) is 0 Å². The van der Waals surface area contributed by atoms with Gasteiger partial charge in [-0.1, -0.05) is 13.8 Å². The van der Waals surface area contributed by atoms with Crippen LogP contribution in [-0.4, -0.2) is 27.6 Å². The molecule has 2 heterocycles. The molecule has 0 saturated heterocycles. The minimum atomic E-state index is -0.252. The summed E-state index contributed by atoms with van der Waals surface area (Å²) in [6.07, 6.45) is 4.19. The summed E-state index contributed by atoms with van der Waals surface area (Å²) in [5, 5.41) is 13.9. The summed E-state index contributed by atoms with van der Waals surface area (Å²) in [5.74, 6) is 1.51. The molecular weight excluding hydrogens is 266 g/mol. The Morgan fingerprint density at radius 2 is 1.95 bits per heavy atom. The Kier molecular flexibility index (Phi) is 5.20. The van der Waals surface area contributed by atoms with Crippen LogP contribution in [0.25, 0.3) is 0 Å². The topological polar surface area (TPSA) is 79.8 Å². The Balaban J connectivity index is 1.89. The zero-order chi connectivity index (χ0) is 15.1. The number of amides is 1. The smallest absolute Gasteiger partial charge is 0.258 e. The van der Waals surface area contributed by atoms with E-state index >= 15 is 0 Å². The molecule has 0 aromatic carbocycles. The zero-order valence-corrected chi connectivity index (χ0v) is 12.2. The number of nitrogens with one attached hydrogen (secondary N) is 2. The molecule has 0 radical (unpaired) electrons. The molecule has 0 unspecified atom stereocenters. The highest BCUT2D eigenvalue weighted by Gasteiger charge is 2.06. The lowest BCUT2D eigenvalue weighted by Gasteiger charge is -2.08. The standard InChI is InChI=1S/C15H19N5O/c1-11(2)7-9-17-13-5-6-14(20-19-13)18-15(21)12-4-3-8-16-10-12/h3-6,8,10-11H,7,9H2,1-2H3,(H,17,19)(H,18,20,21). The Morgan fingerprint density at radius 3 is 2.57 bits per heavy atom. The van der Waals surface area contributed by atoms with Crippen LogP contribution in [0.2, 0.25) is 0 Å². The quantitative estimate of drug-likeness (QED) is 0.852. The molecule has 2 aromatic heterocycles. The largest absolute Gasteiger partial charge is 0.369 e. The van der Waals surface area contributed by atoms with Crippen molar-refractivity contribution < 1.29 is 4.79 Å². The van der Waals surface area contributed by atoms with E-state index in [0.29, 0.717) is 23.1 Å². The maximum Gasteiger partial charge on any atom is 0.258 e. The van der Waals surface area contributed by atoms with Gasteiger partial charge in [-0.25, -0.2) is 0 Å². The van der Waals surface area contributed by atoms with Gasteiger partial charge >= 0.3 is 0 Å². The van der Waals surface area contributed by atoms with Crippen LogP contribution in [0.1, 0.15) is 30.6 Å². The zero-order valence-electron chi connectivity index (χ0n) is 12.2. The predicted octanol–water partition coefficient (Wildman–Crippen LogP) is 2.58. The highest BCUT2D eigenvalue weighted by Crippen LogP contribution is 2.08. The van der Waals surface area contributed by atoms with Crippen molar-refractivity contribution in [2.24, 2.45) is 5.92 Å². The van der Waals surface area contributed by atoms with Crippen molar-refractivity contribution in [3.63, 3.8) is 0 Å². The van der Waals surface area contributed by atoms with Gasteiger partial charge in [0.1, 0.15) is 5.82 Å². The molecule has 0 atom stereocenters. The fourth-order valence-electron chi connectivity index (χ4n) is 1.67. The number of carbonyl (C=O) groups is 1. The summed E-state index contributed by atoms with van der Waals surface area (Å²) < 4.78 is 0. The first kappa shape index (κ1) is 14.9. The number of pyridine rings is 1. The van der Waals surface area contributed by atoms with Crippen LogP contribution < -0.4 is 10.6 Å². The Labute approximate surface area is 124 Å². The number of anilines is 2. The molecule has 0 fully saturated rings. The molecule has 6 heteroatoms. The van der Waals surface area contributed by atoms with Crippen molar-refractivity contribution in [1.82, 2.24) is 15.2 Å². The van der Waals surface area contributed by atoms with Crippen molar-refractivity contribution in [3.05, 3.63) is 42.2 Å². The van der Waals surface area contributed by atoms with E-state index in [-0.39, 0.29) is 5.91 Å². The molecule has 0 saturated carbocycles. The number of carbonyl (C=O) groups excluding carboxylic acids is 1. The van der Waals surface area contributed by atoms with Crippen LogP contribution in [-0.2, 0) is 0 Å². The molecule has 2 N–H and O–H groups in total. The summed E-state index contributed by atoms with van der Waals surface area (Å²) in [6, 6.07) is 6.92. The predicted molar refractivity (Wildman–Crippen MR) is 82.2 cm³/mol. The molecule has 0 aliphatic carbocycles. The first-order valence-corrected chi connectivity index (χ1v) is 6.94. The maximum atomic E-state index is 11.9. The molecule has 0 aliphatic rings. The second-order valence-corrected chi connectivity index (χ2v) is 5.11. The highest BCUT2D eigenvalue weighted by atomic mass is 16.1. The van der Waals surface area contributed by atoms with E-state index in [0.717, 1.165) is 13.0 Å². The van der Waals surface area contributed by atoms with Crippen molar-refractivity contribution in [2.45, 2.75) is 20.3 Å². The van der Waals surface area contributed by atoms with Crippen molar-refractivity contribution in [2.75, 3.05) is 17.2 Å². The highest BCUT2D eigenvalue weighted by molar-refractivity contribution is 6.03. The minimum absolute atomic E-state index is 0.252. The van der Waals surface area contributed by atoms with E-state index in [1.165, 1.54) is 6.20 Å². The van der Waals surface area contributed by atoms with E-state index in [1.54, 1.807) is 30.5 Å². The Bertz CT molecular complexity index is 568. The molecule has 0 spiro atoms. The van der Waals surface area contributed by atoms with Crippen LogP contribution in [0.4, 0.5) is 11.6 Å². The lowest BCUT2D eigenvalue weighted by atomic mass is 10.1. The average molecular weight is 285 g/mol. The summed E-state index contributed by atoms with van der Waals surface area (Å²) >= 11 is 0. The van der Waals surface area contributed by atoms with Gasteiger partial charge in [0.25, 0.3) is 5.91 Å². The normalized spacial score (nSPS) is 10.4.